The maximum atomic E-state index is 12.1. The van der Waals surface area contributed by atoms with Crippen molar-refractivity contribution in [3.63, 3.8) is 0 Å². The molecule has 0 aliphatic heterocycles. The molecule has 0 radical (unpaired) electrons. The van der Waals surface area contributed by atoms with Crippen LogP contribution in [-0.4, -0.2) is 21.9 Å². The highest BCUT2D eigenvalue weighted by atomic mass is 32.2. The van der Waals surface area contributed by atoms with Gasteiger partial charge in [-0.15, -0.1) is 0 Å². The lowest BCUT2D eigenvalue weighted by molar-refractivity contribution is -0.120. The summed E-state index contributed by atoms with van der Waals surface area (Å²) in [6.07, 6.45) is 1.96. The highest BCUT2D eigenvalue weighted by Crippen LogP contribution is 2.13. The zero-order chi connectivity index (χ0) is 13.5. The van der Waals surface area contributed by atoms with E-state index in [1.54, 1.807) is 31.2 Å². The highest BCUT2D eigenvalue weighted by molar-refractivity contribution is 7.86. The number of amides is 1. The molecule has 1 amide bonds. The van der Waals surface area contributed by atoms with Crippen LogP contribution in [0, 0.1) is 0 Å². The van der Waals surface area contributed by atoms with Gasteiger partial charge in [-0.2, -0.15) is 0 Å². The molecule has 0 fully saturated rings. The second-order valence-electron chi connectivity index (χ2n) is 4.15. The largest absolute Gasteiger partial charge is 0.399 e. The number of unbranched alkanes of at least 4 members (excludes halogenated alkanes) is 1. The Balaban J connectivity index is 2.60. The Morgan fingerprint density at radius 1 is 1.39 bits per heavy atom. The molecule has 0 saturated heterocycles. The van der Waals surface area contributed by atoms with Crippen molar-refractivity contribution < 1.29 is 9.00 Å². The van der Waals surface area contributed by atoms with Crippen molar-refractivity contribution in [2.24, 2.45) is 0 Å². The van der Waals surface area contributed by atoms with E-state index in [0.29, 0.717) is 17.1 Å². The number of hydrogen-bond acceptors (Lipinski definition) is 3. The zero-order valence-electron chi connectivity index (χ0n) is 10.8. The molecule has 100 valence electrons. The molecule has 0 bridgehead atoms. The summed E-state index contributed by atoms with van der Waals surface area (Å²) >= 11 is 0. The minimum absolute atomic E-state index is 0.168. The van der Waals surface area contributed by atoms with Gasteiger partial charge in [0, 0.05) is 17.1 Å². The third-order valence-electron chi connectivity index (χ3n) is 2.63. The number of rotatable bonds is 6. The summed E-state index contributed by atoms with van der Waals surface area (Å²) in [7, 11) is -1.34. The van der Waals surface area contributed by atoms with E-state index < -0.39 is 16.0 Å². The van der Waals surface area contributed by atoms with E-state index in [4.69, 9.17) is 5.73 Å². The predicted molar refractivity (Wildman–Crippen MR) is 74.6 cm³/mol. The van der Waals surface area contributed by atoms with Crippen LogP contribution in [0.25, 0.3) is 0 Å². The first kappa shape index (κ1) is 14.7. The highest BCUT2D eigenvalue weighted by Gasteiger charge is 2.20. The van der Waals surface area contributed by atoms with Crippen molar-refractivity contribution in [1.82, 2.24) is 5.32 Å². The Morgan fingerprint density at radius 2 is 2.00 bits per heavy atom. The number of hydrogen-bond donors (Lipinski definition) is 2. The third-order valence-corrected chi connectivity index (χ3v) is 4.23. The zero-order valence-corrected chi connectivity index (χ0v) is 11.6. The Hall–Kier alpha value is -1.36. The molecule has 2 atom stereocenters. The number of nitrogens with one attached hydrogen (secondary N) is 1. The number of benzene rings is 1. The normalized spacial score (nSPS) is 13.9. The van der Waals surface area contributed by atoms with Crippen LogP contribution in [0.5, 0.6) is 0 Å². The van der Waals surface area contributed by atoms with Crippen molar-refractivity contribution in [3.8, 4) is 0 Å². The summed E-state index contributed by atoms with van der Waals surface area (Å²) in [6.45, 7) is 4.37. The lowest BCUT2D eigenvalue weighted by atomic mass is 10.3. The fourth-order valence-corrected chi connectivity index (χ4v) is 2.53. The van der Waals surface area contributed by atoms with E-state index >= 15 is 0 Å². The van der Waals surface area contributed by atoms with Gasteiger partial charge >= 0.3 is 0 Å². The van der Waals surface area contributed by atoms with Crippen molar-refractivity contribution in [2.75, 3.05) is 12.3 Å². The van der Waals surface area contributed by atoms with Crippen LogP contribution >= 0.6 is 0 Å². The maximum Gasteiger partial charge on any atom is 0.235 e. The van der Waals surface area contributed by atoms with Gasteiger partial charge in [0.15, 0.2) is 0 Å². The lowest BCUT2D eigenvalue weighted by Crippen LogP contribution is -2.35. The Bertz CT molecular complexity index is 418. The van der Waals surface area contributed by atoms with E-state index in [1.807, 2.05) is 0 Å². The van der Waals surface area contributed by atoms with Gasteiger partial charge in [-0.05, 0) is 37.6 Å². The van der Waals surface area contributed by atoms with Crippen LogP contribution in [0.15, 0.2) is 29.2 Å². The van der Waals surface area contributed by atoms with Crippen LogP contribution in [0.2, 0.25) is 0 Å². The molecule has 0 aliphatic carbocycles. The topological polar surface area (TPSA) is 72.2 Å². The van der Waals surface area contributed by atoms with Gasteiger partial charge in [0.1, 0.15) is 5.25 Å². The fourth-order valence-electron chi connectivity index (χ4n) is 1.44. The summed E-state index contributed by atoms with van der Waals surface area (Å²) in [5.74, 6) is -0.168. The van der Waals surface area contributed by atoms with Crippen LogP contribution in [0.3, 0.4) is 0 Å². The lowest BCUT2D eigenvalue weighted by Gasteiger charge is -2.12. The molecule has 1 aromatic rings. The third kappa shape index (κ3) is 4.14. The van der Waals surface area contributed by atoms with Gasteiger partial charge in [-0.1, -0.05) is 13.3 Å². The second-order valence-corrected chi connectivity index (χ2v) is 5.93. The van der Waals surface area contributed by atoms with Crippen LogP contribution in [0.4, 0.5) is 5.69 Å². The maximum absolute atomic E-state index is 12.1. The minimum Gasteiger partial charge on any atom is -0.399 e. The van der Waals surface area contributed by atoms with Crippen LogP contribution in [-0.2, 0) is 15.6 Å². The van der Waals surface area contributed by atoms with Gasteiger partial charge in [0.05, 0.1) is 10.8 Å². The standard InChI is InChI=1S/C13H20N2O2S/c1-3-4-9-15-13(16)10(2)18(17)12-7-5-11(14)6-8-12/h5-8,10H,3-4,9,14H2,1-2H3,(H,15,16). The monoisotopic (exact) mass is 268 g/mol. The first-order chi connectivity index (χ1) is 8.56. The van der Waals surface area contributed by atoms with Gasteiger partial charge in [-0.3, -0.25) is 9.00 Å². The Labute approximate surface area is 110 Å². The molecular formula is C13H20N2O2S. The molecule has 0 spiro atoms. The molecule has 0 aliphatic rings. The first-order valence-electron chi connectivity index (χ1n) is 6.10. The molecule has 3 N–H and O–H groups in total. The number of nitrogens with two attached hydrogens (primary N) is 1. The van der Waals surface area contributed by atoms with Crippen molar-refractivity contribution in [3.05, 3.63) is 24.3 Å². The number of carbonyl (C=O) groups is 1. The average Bonchev–Trinajstić information content (AvgIpc) is 2.38. The van der Waals surface area contributed by atoms with Crippen LogP contribution < -0.4 is 11.1 Å². The Kier molecular flexibility index (Phi) is 5.85. The fraction of sp³-hybridized carbons (Fsp3) is 0.462. The molecule has 5 heteroatoms. The van der Waals surface area contributed by atoms with Crippen molar-refractivity contribution in [2.45, 2.75) is 36.8 Å². The molecule has 1 aromatic carbocycles. The van der Waals surface area contributed by atoms with Gasteiger partial charge < -0.3 is 11.1 Å². The number of carbonyl (C=O) groups excluding carboxylic acids is 1. The van der Waals surface area contributed by atoms with E-state index in [2.05, 4.69) is 12.2 Å². The first-order valence-corrected chi connectivity index (χ1v) is 7.31. The van der Waals surface area contributed by atoms with Crippen LogP contribution in [0.1, 0.15) is 26.7 Å². The molecule has 0 heterocycles. The average molecular weight is 268 g/mol. The summed E-state index contributed by atoms with van der Waals surface area (Å²) in [5, 5.41) is 2.24. The second kappa shape index (κ2) is 7.16. The van der Waals surface area contributed by atoms with Crippen molar-refractivity contribution in [1.29, 1.82) is 0 Å². The summed E-state index contributed by atoms with van der Waals surface area (Å²) in [4.78, 5) is 12.4. The van der Waals surface area contributed by atoms with Crippen molar-refractivity contribution >= 4 is 22.4 Å². The SMILES string of the molecule is CCCCNC(=O)C(C)S(=O)c1ccc(N)cc1. The van der Waals surface area contributed by atoms with E-state index in [1.165, 1.54) is 0 Å². The van der Waals surface area contributed by atoms with Gasteiger partial charge in [0.25, 0.3) is 0 Å². The number of nitrogen functional groups attached to an aromatic ring is 1. The van der Waals surface area contributed by atoms with E-state index in [0.717, 1.165) is 12.8 Å². The molecule has 2 unspecified atom stereocenters. The molecule has 0 saturated carbocycles. The number of anilines is 1. The molecule has 18 heavy (non-hydrogen) atoms. The molecular weight excluding hydrogens is 248 g/mol. The molecule has 4 nitrogen and oxygen atoms in total. The quantitative estimate of drug-likeness (QED) is 0.609. The van der Waals surface area contributed by atoms with E-state index in [9.17, 15) is 9.00 Å². The Morgan fingerprint density at radius 3 is 2.56 bits per heavy atom. The summed E-state index contributed by atoms with van der Waals surface area (Å²) in [5.41, 5.74) is 6.19. The smallest absolute Gasteiger partial charge is 0.235 e. The summed E-state index contributed by atoms with van der Waals surface area (Å²) in [6, 6.07) is 6.77. The molecule has 0 aromatic heterocycles. The molecule has 1 rings (SSSR count). The van der Waals surface area contributed by atoms with E-state index in [-0.39, 0.29) is 5.91 Å². The van der Waals surface area contributed by atoms with Gasteiger partial charge in [-0.25, -0.2) is 0 Å². The van der Waals surface area contributed by atoms with Gasteiger partial charge in [0.2, 0.25) is 5.91 Å². The minimum atomic E-state index is -1.34. The predicted octanol–water partition coefficient (Wildman–Crippen LogP) is 1.68. The summed E-state index contributed by atoms with van der Waals surface area (Å²) < 4.78 is 12.1.